The number of nitrogens with one attached hydrogen (secondary N) is 1. The number of ether oxygens (including phenoxy) is 2. The molecule has 2 fully saturated rings. The molecule has 1 aromatic rings. The topological polar surface area (TPSA) is 30.5 Å². The van der Waals surface area contributed by atoms with E-state index in [-0.39, 0.29) is 0 Å². The molecule has 0 amide bonds. The van der Waals surface area contributed by atoms with Crippen LogP contribution in [-0.2, 0) is 22.6 Å². The lowest BCUT2D eigenvalue weighted by Gasteiger charge is -2.12. The third kappa shape index (κ3) is 4.03. The van der Waals surface area contributed by atoms with E-state index in [4.69, 9.17) is 9.47 Å². The average Bonchev–Trinajstić information content (AvgIpc) is 3.13. The number of rotatable bonds is 7. The lowest BCUT2D eigenvalue weighted by atomic mass is 10.1. The Kier molecular flexibility index (Phi) is 4.49. The molecule has 1 heterocycles. The van der Waals surface area contributed by atoms with Gasteiger partial charge < -0.3 is 14.8 Å². The van der Waals surface area contributed by atoms with E-state index in [1.807, 2.05) is 0 Å². The molecule has 1 aliphatic heterocycles. The fourth-order valence-electron chi connectivity index (χ4n) is 2.46. The lowest BCUT2D eigenvalue weighted by Crippen LogP contribution is -2.17. The first-order valence-corrected chi connectivity index (χ1v) is 7.37. The summed E-state index contributed by atoms with van der Waals surface area (Å²) in [6.45, 7) is 4.28. The summed E-state index contributed by atoms with van der Waals surface area (Å²) < 4.78 is 11.2. The highest BCUT2D eigenvalue weighted by molar-refractivity contribution is 5.26. The molecule has 104 valence electrons. The van der Waals surface area contributed by atoms with E-state index < -0.39 is 0 Å². The molecule has 1 aliphatic carbocycles. The van der Waals surface area contributed by atoms with Gasteiger partial charge in [-0.3, -0.25) is 0 Å². The van der Waals surface area contributed by atoms with Gasteiger partial charge >= 0.3 is 0 Å². The Morgan fingerprint density at radius 3 is 2.74 bits per heavy atom. The minimum Gasteiger partial charge on any atom is -0.381 e. The van der Waals surface area contributed by atoms with Gasteiger partial charge in [-0.05, 0) is 30.4 Å². The second kappa shape index (κ2) is 6.51. The van der Waals surface area contributed by atoms with Crippen LogP contribution in [0.25, 0.3) is 0 Å². The summed E-state index contributed by atoms with van der Waals surface area (Å²) in [5, 5.41) is 3.57. The van der Waals surface area contributed by atoms with Crippen LogP contribution in [0.4, 0.5) is 0 Å². The Labute approximate surface area is 115 Å². The zero-order valence-electron chi connectivity index (χ0n) is 11.4. The summed E-state index contributed by atoms with van der Waals surface area (Å²) in [6.07, 6.45) is 3.81. The predicted octanol–water partition coefficient (Wildman–Crippen LogP) is 2.49. The van der Waals surface area contributed by atoms with Crippen LogP contribution in [0.15, 0.2) is 24.3 Å². The van der Waals surface area contributed by atoms with Crippen molar-refractivity contribution in [3.8, 4) is 0 Å². The van der Waals surface area contributed by atoms with E-state index >= 15 is 0 Å². The SMILES string of the molecule is c1ccc(COCC2CCOC2)c(CNC2CC2)c1. The normalized spacial score (nSPS) is 22.8. The smallest absolute Gasteiger partial charge is 0.0720 e. The quantitative estimate of drug-likeness (QED) is 0.818. The molecule has 1 unspecified atom stereocenters. The first-order chi connectivity index (χ1) is 9.42. The Bertz CT molecular complexity index is 397. The molecule has 2 aliphatic rings. The highest BCUT2D eigenvalue weighted by Crippen LogP contribution is 2.20. The van der Waals surface area contributed by atoms with Crippen LogP contribution in [-0.4, -0.2) is 25.9 Å². The van der Waals surface area contributed by atoms with E-state index in [9.17, 15) is 0 Å². The molecule has 3 heteroatoms. The molecular weight excluding hydrogens is 238 g/mol. The molecule has 0 radical (unpaired) electrons. The number of benzene rings is 1. The maximum atomic E-state index is 5.86. The van der Waals surface area contributed by atoms with Gasteiger partial charge in [0, 0.05) is 25.1 Å². The zero-order valence-corrected chi connectivity index (χ0v) is 11.4. The maximum Gasteiger partial charge on any atom is 0.0720 e. The zero-order chi connectivity index (χ0) is 12.9. The minimum absolute atomic E-state index is 0.594. The van der Waals surface area contributed by atoms with Crippen molar-refractivity contribution in [3.63, 3.8) is 0 Å². The Balaban J connectivity index is 1.47. The highest BCUT2D eigenvalue weighted by Gasteiger charge is 2.20. The molecule has 1 atom stereocenters. The van der Waals surface area contributed by atoms with Crippen LogP contribution in [0.5, 0.6) is 0 Å². The van der Waals surface area contributed by atoms with Gasteiger partial charge in [-0.25, -0.2) is 0 Å². The van der Waals surface area contributed by atoms with Crippen LogP contribution >= 0.6 is 0 Å². The largest absolute Gasteiger partial charge is 0.381 e. The molecule has 19 heavy (non-hydrogen) atoms. The molecule has 3 rings (SSSR count). The van der Waals surface area contributed by atoms with Gasteiger partial charge in [0.15, 0.2) is 0 Å². The van der Waals surface area contributed by atoms with Gasteiger partial charge in [-0.1, -0.05) is 24.3 Å². The Hall–Kier alpha value is -0.900. The van der Waals surface area contributed by atoms with Gasteiger partial charge in [0.1, 0.15) is 0 Å². The first-order valence-electron chi connectivity index (χ1n) is 7.37. The minimum atomic E-state index is 0.594. The van der Waals surface area contributed by atoms with Gasteiger partial charge in [0.25, 0.3) is 0 Å². The van der Waals surface area contributed by atoms with Gasteiger partial charge in [0.2, 0.25) is 0 Å². The van der Waals surface area contributed by atoms with E-state index in [0.29, 0.717) is 5.92 Å². The van der Waals surface area contributed by atoms with Crippen LogP contribution < -0.4 is 5.32 Å². The van der Waals surface area contributed by atoms with E-state index in [2.05, 4.69) is 29.6 Å². The molecule has 0 aromatic heterocycles. The Morgan fingerprint density at radius 2 is 2.00 bits per heavy atom. The standard InChI is InChI=1S/C16H23NO2/c1-2-4-15(12-19-11-13-7-8-18-10-13)14(3-1)9-17-16-5-6-16/h1-4,13,16-17H,5-12H2. The molecule has 1 N–H and O–H groups in total. The van der Waals surface area contributed by atoms with E-state index in [1.54, 1.807) is 0 Å². The van der Waals surface area contributed by atoms with Crippen LogP contribution in [0.3, 0.4) is 0 Å². The second-order valence-electron chi connectivity index (χ2n) is 5.67. The van der Waals surface area contributed by atoms with Crippen molar-refractivity contribution in [1.29, 1.82) is 0 Å². The summed E-state index contributed by atoms with van der Waals surface area (Å²) in [5.41, 5.74) is 2.69. The summed E-state index contributed by atoms with van der Waals surface area (Å²) in [7, 11) is 0. The van der Waals surface area contributed by atoms with Crippen LogP contribution in [0.2, 0.25) is 0 Å². The molecule has 1 aromatic carbocycles. The molecule has 3 nitrogen and oxygen atoms in total. The summed E-state index contributed by atoms with van der Waals surface area (Å²) in [6, 6.07) is 9.34. The van der Waals surface area contributed by atoms with Gasteiger partial charge in [0.05, 0.1) is 19.8 Å². The van der Waals surface area contributed by atoms with Crippen molar-refractivity contribution < 1.29 is 9.47 Å². The molecular formula is C16H23NO2. The molecule has 0 spiro atoms. The first kappa shape index (κ1) is 13.1. The van der Waals surface area contributed by atoms with Crippen LogP contribution in [0.1, 0.15) is 30.4 Å². The fraction of sp³-hybridized carbons (Fsp3) is 0.625. The third-order valence-electron chi connectivity index (χ3n) is 3.91. The summed E-state index contributed by atoms with van der Waals surface area (Å²) in [5.74, 6) is 0.594. The second-order valence-corrected chi connectivity index (χ2v) is 5.67. The van der Waals surface area contributed by atoms with Crippen molar-refractivity contribution in [2.75, 3.05) is 19.8 Å². The van der Waals surface area contributed by atoms with Crippen molar-refractivity contribution in [1.82, 2.24) is 5.32 Å². The maximum absolute atomic E-state index is 5.86. The Morgan fingerprint density at radius 1 is 1.16 bits per heavy atom. The monoisotopic (exact) mass is 261 g/mol. The average molecular weight is 261 g/mol. The van der Waals surface area contributed by atoms with Crippen molar-refractivity contribution in [2.24, 2.45) is 5.92 Å². The molecule has 1 saturated heterocycles. The predicted molar refractivity (Wildman–Crippen MR) is 74.9 cm³/mol. The van der Waals surface area contributed by atoms with Gasteiger partial charge in [-0.2, -0.15) is 0 Å². The summed E-state index contributed by atoms with van der Waals surface area (Å²) >= 11 is 0. The highest BCUT2D eigenvalue weighted by atomic mass is 16.5. The van der Waals surface area contributed by atoms with Gasteiger partial charge in [-0.15, -0.1) is 0 Å². The van der Waals surface area contributed by atoms with Crippen molar-refractivity contribution >= 4 is 0 Å². The van der Waals surface area contributed by atoms with E-state index in [0.717, 1.165) is 45.4 Å². The fourth-order valence-corrected chi connectivity index (χ4v) is 2.46. The van der Waals surface area contributed by atoms with Crippen molar-refractivity contribution in [3.05, 3.63) is 35.4 Å². The number of hydrogen-bond donors (Lipinski definition) is 1. The summed E-state index contributed by atoms with van der Waals surface area (Å²) in [4.78, 5) is 0. The van der Waals surface area contributed by atoms with Crippen molar-refractivity contribution in [2.45, 2.75) is 38.5 Å². The lowest BCUT2D eigenvalue weighted by molar-refractivity contribution is 0.0787. The van der Waals surface area contributed by atoms with Crippen LogP contribution in [0, 0.1) is 5.92 Å². The molecule has 1 saturated carbocycles. The third-order valence-corrected chi connectivity index (χ3v) is 3.91. The molecule has 0 bridgehead atoms. The van der Waals surface area contributed by atoms with E-state index in [1.165, 1.54) is 24.0 Å². The number of hydrogen-bond acceptors (Lipinski definition) is 3.